The van der Waals surface area contributed by atoms with E-state index >= 15 is 0 Å². The zero-order valence-electron chi connectivity index (χ0n) is 12.0. The molecule has 0 bridgehead atoms. The number of methoxy groups -OCH3 is 1. The van der Waals surface area contributed by atoms with Crippen molar-refractivity contribution < 1.29 is 19.4 Å². The maximum absolute atomic E-state index is 11.8. The summed E-state index contributed by atoms with van der Waals surface area (Å²) in [6.45, 7) is -0.0546. The molecule has 0 aromatic heterocycles. The Hall–Kier alpha value is -2.08. The van der Waals surface area contributed by atoms with Crippen LogP contribution in [-0.2, 0) is 22.4 Å². The van der Waals surface area contributed by atoms with Gasteiger partial charge in [0.15, 0.2) is 6.10 Å². The average molecular weight is 292 g/mol. The van der Waals surface area contributed by atoms with Crippen LogP contribution >= 0.6 is 0 Å². The van der Waals surface area contributed by atoms with Gasteiger partial charge in [0.25, 0.3) is 0 Å². The minimum atomic E-state index is -1.09. The van der Waals surface area contributed by atoms with Crippen molar-refractivity contribution in [2.45, 2.75) is 31.4 Å². The van der Waals surface area contributed by atoms with Crippen LogP contribution < -0.4 is 10.6 Å². The smallest absolute Gasteiger partial charge is 0.334 e. The molecule has 3 N–H and O–H groups in total. The first-order chi connectivity index (χ1) is 10.1. The highest BCUT2D eigenvalue weighted by atomic mass is 16.5. The van der Waals surface area contributed by atoms with Gasteiger partial charge in [0.2, 0.25) is 0 Å². The molecule has 1 aromatic carbocycles. The number of amides is 2. The molecule has 6 nitrogen and oxygen atoms in total. The number of nitrogens with one attached hydrogen (secondary N) is 2. The Labute approximate surface area is 123 Å². The molecule has 0 fully saturated rings. The van der Waals surface area contributed by atoms with Gasteiger partial charge in [-0.25, -0.2) is 9.59 Å². The summed E-state index contributed by atoms with van der Waals surface area (Å²) in [6, 6.07) is 7.93. The van der Waals surface area contributed by atoms with Gasteiger partial charge >= 0.3 is 12.0 Å². The van der Waals surface area contributed by atoms with E-state index in [0.717, 1.165) is 19.3 Å². The van der Waals surface area contributed by atoms with Gasteiger partial charge in [-0.2, -0.15) is 0 Å². The molecule has 2 unspecified atom stereocenters. The van der Waals surface area contributed by atoms with Crippen molar-refractivity contribution in [3.63, 3.8) is 0 Å². The number of carbonyl (C=O) groups is 2. The van der Waals surface area contributed by atoms with E-state index in [1.54, 1.807) is 0 Å². The largest absolute Gasteiger partial charge is 0.479 e. The summed E-state index contributed by atoms with van der Waals surface area (Å²) in [7, 11) is 1.30. The molecular weight excluding hydrogens is 272 g/mol. The van der Waals surface area contributed by atoms with Gasteiger partial charge in [-0.15, -0.1) is 0 Å². The molecule has 0 heterocycles. The lowest BCUT2D eigenvalue weighted by atomic mass is 9.88. The summed E-state index contributed by atoms with van der Waals surface area (Å²) < 4.78 is 4.76. The second-order valence-electron chi connectivity index (χ2n) is 5.13. The van der Waals surface area contributed by atoms with E-state index in [-0.39, 0.29) is 18.6 Å². The van der Waals surface area contributed by atoms with Crippen molar-refractivity contribution in [2.75, 3.05) is 13.7 Å². The quantitative estimate of drug-likeness (QED) is 0.754. The highest BCUT2D eigenvalue weighted by molar-refractivity contribution is 5.77. The van der Waals surface area contributed by atoms with Crippen molar-refractivity contribution in [3.05, 3.63) is 35.4 Å². The molecule has 114 valence electrons. The monoisotopic (exact) mass is 292 g/mol. The highest BCUT2D eigenvalue weighted by Crippen LogP contribution is 2.20. The molecular formula is C15H20N2O4. The number of urea groups is 1. The lowest BCUT2D eigenvalue weighted by Crippen LogP contribution is -2.47. The molecule has 0 aliphatic heterocycles. The summed E-state index contributed by atoms with van der Waals surface area (Å²) >= 11 is 0. The summed E-state index contributed by atoms with van der Waals surface area (Å²) in [5.41, 5.74) is 2.59. The van der Waals surface area contributed by atoms with Crippen molar-refractivity contribution >= 4 is 12.0 Å². The maximum atomic E-state index is 11.8. The first-order valence-electron chi connectivity index (χ1n) is 6.97. The van der Waals surface area contributed by atoms with Crippen LogP contribution in [-0.4, -0.2) is 42.9 Å². The Morgan fingerprint density at radius 1 is 1.38 bits per heavy atom. The zero-order valence-corrected chi connectivity index (χ0v) is 12.0. The van der Waals surface area contributed by atoms with Crippen LogP contribution in [0.2, 0.25) is 0 Å². The van der Waals surface area contributed by atoms with Gasteiger partial charge in [-0.3, -0.25) is 0 Å². The molecule has 0 saturated carbocycles. The minimum absolute atomic E-state index is 0.0546. The third-order valence-corrected chi connectivity index (χ3v) is 3.69. The number of aliphatic carboxylic acids is 1. The molecule has 1 aromatic rings. The van der Waals surface area contributed by atoms with Gasteiger partial charge < -0.3 is 20.5 Å². The van der Waals surface area contributed by atoms with Crippen LogP contribution in [0.15, 0.2) is 24.3 Å². The number of hydrogen-bond donors (Lipinski definition) is 3. The van der Waals surface area contributed by atoms with E-state index < -0.39 is 12.1 Å². The second kappa shape index (κ2) is 7.08. The number of carboxylic acid groups (broad SMARTS) is 1. The van der Waals surface area contributed by atoms with Crippen LogP contribution in [0.3, 0.4) is 0 Å². The van der Waals surface area contributed by atoms with E-state index in [2.05, 4.69) is 22.8 Å². The molecule has 2 rings (SSSR count). The van der Waals surface area contributed by atoms with E-state index in [9.17, 15) is 9.59 Å². The summed E-state index contributed by atoms with van der Waals surface area (Å²) in [5.74, 6) is -1.09. The first-order valence-corrected chi connectivity index (χ1v) is 6.97. The third kappa shape index (κ3) is 4.19. The van der Waals surface area contributed by atoms with E-state index in [4.69, 9.17) is 9.84 Å². The van der Waals surface area contributed by atoms with Crippen LogP contribution in [0.4, 0.5) is 4.79 Å². The van der Waals surface area contributed by atoms with Crippen molar-refractivity contribution in [1.82, 2.24) is 10.6 Å². The van der Waals surface area contributed by atoms with E-state index in [1.807, 2.05) is 12.1 Å². The second-order valence-corrected chi connectivity index (χ2v) is 5.13. The van der Waals surface area contributed by atoms with Crippen molar-refractivity contribution in [2.24, 2.45) is 0 Å². The van der Waals surface area contributed by atoms with Crippen molar-refractivity contribution in [1.29, 1.82) is 0 Å². The number of carbonyl (C=O) groups excluding carboxylic acids is 1. The fourth-order valence-corrected chi connectivity index (χ4v) is 2.51. The van der Waals surface area contributed by atoms with Crippen LogP contribution in [0, 0.1) is 0 Å². The fraction of sp³-hybridized carbons (Fsp3) is 0.467. The number of aryl methyl sites for hydroxylation is 1. The number of carboxylic acids is 1. The van der Waals surface area contributed by atoms with Gasteiger partial charge in [0.1, 0.15) is 0 Å². The molecule has 0 radical (unpaired) electrons. The molecule has 2 atom stereocenters. The van der Waals surface area contributed by atoms with Crippen LogP contribution in [0.1, 0.15) is 17.5 Å². The lowest BCUT2D eigenvalue weighted by Gasteiger charge is -2.25. The molecule has 0 saturated heterocycles. The van der Waals surface area contributed by atoms with Gasteiger partial charge in [0, 0.05) is 13.2 Å². The number of benzene rings is 1. The molecule has 0 spiro atoms. The van der Waals surface area contributed by atoms with Crippen LogP contribution in [0.25, 0.3) is 0 Å². The standard InChI is InChI=1S/C15H20N2O4/c1-21-13(14(18)19)9-16-15(20)17-12-7-6-10-4-2-3-5-11(10)8-12/h2-5,12-13H,6-9H2,1H3,(H,18,19)(H2,16,17,20). The molecule has 1 aliphatic carbocycles. The Kier molecular flexibility index (Phi) is 5.16. The normalized spacial score (nSPS) is 18.4. The highest BCUT2D eigenvalue weighted by Gasteiger charge is 2.21. The molecule has 21 heavy (non-hydrogen) atoms. The Balaban J connectivity index is 1.80. The minimum Gasteiger partial charge on any atom is -0.479 e. The van der Waals surface area contributed by atoms with Gasteiger partial charge in [0.05, 0.1) is 6.54 Å². The SMILES string of the molecule is COC(CNC(=O)NC1CCc2ccccc2C1)C(=O)O. The number of rotatable bonds is 5. The molecule has 2 amide bonds. The fourth-order valence-electron chi connectivity index (χ4n) is 2.51. The summed E-state index contributed by atoms with van der Waals surface area (Å²) in [6.07, 6.45) is 1.60. The summed E-state index contributed by atoms with van der Waals surface area (Å²) in [4.78, 5) is 22.6. The van der Waals surface area contributed by atoms with Crippen molar-refractivity contribution in [3.8, 4) is 0 Å². The van der Waals surface area contributed by atoms with Gasteiger partial charge in [-0.1, -0.05) is 24.3 Å². The third-order valence-electron chi connectivity index (χ3n) is 3.69. The topological polar surface area (TPSA) is 87.7 Å². The zero-order chi connectivity index (χ0) is 15.2. The van der Waals surface area contributed by atoms with E-state index in [0.29, 0.717) is 0 Å². The first kappa shape index (κ1) is 15.3. The average Bonchev–Trinajstić information content (AvgIpc) is 2.47. The molecule has 1 aliphatic rings. The lowest BCUT2D eigenvalue weighted by molar-refractivity contribution is -0.147. The Morgan fingerprint density at radius 2 is 2.10 bits per heavy atom. The molecule has 6 heteroatoms. The predicted molar refractivity (Wildman–Crippen MR) is 77.2 cm³/mol. The predicted octanol–water partition coefficient (Wildman–Crippen LogP) is 0.943. The summed E-state index contributed by atoms with van der Waals surface area (Å²) in [5, 5.41) is 14.2. The number of fused-ring (bicyclic) bond motifs is 1. The van der Waals surface area contributed by atoms with Crippen LogP contribution in [0.5, 0.6) is 0 Å². The number of ether oxygens (including phenoxy) is 1. The Bertz CT molecular complexity index is 518. The number of hydrogen-bond acceptors (Lipinski definition) is 3. The Morgan fingerprint density at radius 3 is 2.76 bits per heavy atom. The van der Waals surface area contributed by atoms with E-state index in [1.165, 1.54) is 18.2 Å². The van der Waals surface area contributed by atoms with Gasteiger partial charge in [-0.05, 0) is 30.4 Å². The maximum Gasteiger partial charge on any atom is 0.334 e.